The minimum absolute atomic E-state index is 0.0701. The molecule has 130 valence electrons. The van der Waals surface area contributed by atoms with E-state index in [1.165, 1.54) is 0 Å². The summed E-state index contributed by atoms with van der Waals surface area (Å²) in [4.78, 5) is 14.3. The number of piperazine rings is 1. The maximum Gasteiger partial charge on any atom is 0.264 e. The van der Waals surface area contributed by atoms with Gasteiger partial charge in [0.15, 0.2) is 6.10 Å². The molecule has 1 aromatic rings. The quantitative estimate of drug-likeness (QED) is 0.770. The maximum absolute atomic E-state index is 12.4. The van der Waals surface area contributed by atoms with Gasteiger partial charge in [-0.2, -0.15) is 0 Å². The molecule has 1 atom stereocenters. The minimum atomic E-state index is -0.414. The molecule has 2 aliphatic heterocycles. The monoisotopic (exact) mass is 404 g/mol. The molecule has 4 nitrogen and oxygen atoms in total. The normalized spacial score (nSPS) is 18.7. The third-order valence-electron chi connectivity index (χ3n) is 3.45. The number of hydrogen-bond acceptors (Lipinski definition) is 3. The van der Waals surface area contributed by atoms with E-state index in [0.29, 0.717) is 11.4 Å². The van der Waals surface area contributed by atoms with Crippen LogP contribution in [-0.2, 0) is 11.2 Å². The van der Waals surface area contributed by atoms with Crippen LogP contribution in [0.2, 0.25) is 5.02 Å². The minimum Gasteiger partial charge on any atom is -0.479 e. The Morgan fingerprint density at radius 2 is 1.87 bits per heavy atom. The molecular formula is C17H26BrClN2O2. The molecule has 3 rings (SSSR count). The Morgan fingerprint density at radius 3 is 2.48 bits per heavy atom. The molecule has 1 N–H and O–H groups in total. The molecule has 23 heavy (non-hydrogen) atoms. The fourth-order valence-electron chi connectivity index (χ4n) is 2.51. The molecule has 0 saturated carbocycles. The summed E-state index contributed by atoms with van der Waals surface area (Å²) in [5.74, 6) is 0.818. The predicted octanol–water partition coefficient (Wildman–Crippen LogP) is 3.89. The van der Waals surface area contributed by atoms with Gasteiger partial charge in [-0.3, -0.25) is 4.79 Å². The lowest BCUT2D eigenvalue weighted by Gasteiger charge is -2.29. The Kier molecular flexibility index (Phi) is 8.95. The first kappa shape index (κ1) is 20.3. The smallest absolute Gasteiger partial charge is 0.264 e. The number of carbonyl (C=O) groups excluding carboxylic acids is 1. The van der Waals surface area contributed by atoms with Gasteiger partial charge in [0.05, 0.1) is 4.47 Å². The van der Waals surface area contributed by atoms with Crippen LogP contribution in [0.25, 0.3) is 0 Å². The highest BCUT2D eigenvalue weighted by molar-refractivity contribution is 9.10. The summed E-state index contributed by atoms with van der Waals surface area (Å²) in [6.45, 7) is 11.2. The summed E-state index contributed by atoms with van der Waals surface area (Å²) in [7, 11) is 0. The highest BCUT2D eigenvalue weighted by atomic mass is 79.9. The number of amides is 1. The Balaban J connectivity index is 0.000000615. The van der Waals surface area contributed by atoms with Gasteiger partial charge in [0, 0.05) is 43.2 Å². The van der Waals surface area contributed by atoms with Crippen LogP contribution >= 0.6 is 27.5 Å². The molecule has 6 heteroatoms. The van der Waals surface area contributed by atoms with E-state index in [9.17, 15) is 4.79 Å². The van der Waals surface area contributed by atoms with Gasteiger partial charge in [0.25, 0.3) is 5.91 Å². The van der Waals surface area contributed by atoms with Gasteiger partial charge in [-0.15, -0.1) is 0 Å². The fraction of sp³-hybridized carbons (Fsp3) is 0.588. The molecule has 1 amide bonds. The topological polar surface area (TPSA) is 41.6 Å². The van der Waals surface area contributed by atoms with Crippen LogP contribution in [0.4, 0.5) is 0 Å². The number of nitrogens with one attached hydrogen (secondary N) is 1. The van der Waals surface area contributed by atoms with Gasteiger partial charge >= 0.3 is 0 Å². The number of carbonyl (C=O) groups is 1. The summed E-state index contributed by atoms with van der Waals surface area (Å²) >= 11 is 9.44. The first-order chi connectivity index (χ1) is 11.1. The van der Waals surface area contributed by atoms with Crippen LogP contribution in [-0.4, -0.2) is 43.1 Å². The van der Waals surface area contributed by atoms with Crippen LogP contribution in [0.1, 0.15) is 33.3 Å². The Morgan fingerprint density at radius 1 is 1.26 bits per heavy atom. The van der Waals surface area contributed by atoms with Crippen molar-refractivity contribution in [3.8, 4) is 5.75 Å². The lowest BCUT2D eigenvalue weighted by Crippen LogP contribution is -2.50. The zero-order valence-corrected chi connectivity index (χ0v) is 16.6. The number of ether oxygens (including phenoxy) is 1. The SMILES string of the molecule is CC.CC.O=C(C1Cc2cc(Cl)cc(Br)c2O1)N1CCNCC1. The molecule has 0 bridgehead atoms. The third-order valence-corrected chi connectivity index (χ3v) is 4.26. The van der Waals surface area contributed by atoms with Crippen molar-refractivity contribution in [1.82, 2.24) is 10.2 Å². The lowest BCUT2D eigenvalue weighted by atomic mass is 10.1. The summed E-state index contributed by atoms with van der Waals surface area (Å²) in [5, 5.41) is 3.89. The van der Waals surface area contributed by atoms with Crippen molar-refractivity contribution in [2.75, 3.05) is 26.2 Å². The zero-order valence-electron chi connectivity index (χ0n) is 14.3. The van der Waals surface area contributed by atoms with Crippen LogP contribution in [0, 0.1) is 0 Å². The van der Waals surface area contributed by atoms with Crippen molar-refractivity contribution in [3.63, 3.8) is 0 Å². The van der Waals surface area contributed by atoms with E-state index in [1.54, 1.807) is 6.07 Å². The lowest BCUT2D eigenvalue weighted by molar-refractivity contribution is -0.138. The van der Waals surface area contributed by atoms with Crippen LogP contribution < -0.4 is 10.1 Å². The number of rotatable bonds is 1. The first-order valence-corrected chi connectivity index (χ1v) is 9.46. The number of fused-ring (bicyclic) bond motifs is 1. The predicted molar refractivity (Wildman–Crippen MR) is 99.4 cm³/mol. The highest BCUT2D eigenvalue weighted by Gasteiger charge is 2.34. The summed E-state index contributed by atoms with van der Waals surface area (Å²) < 4.78 is 6.60. The van der Waals surface area contributed by atoms with Crippen LogP contribution in [0.15, 0.2) is 16.6 Å². The molecule has 0 aliphatic carbocycles. The van der Waals surface area contributed by atoms with Gasteiger partial charge < -0.3 is 15.0 Å². The summed E-state index contributed by atoms with van der Waals surface area (Å²) in [5.41, 5.74) is 0.993. The Labute approximate surface area is 152 Å². The van der Waals surface area contributed by atoms with Crippen molar-refractivity contribution in [2.45, 2.75) is 40.2 Å². The zero-order chi connectivity index (χ0) is 17.4. The molecule has 1 aromatic carbocycles. The molecule has 0 spiro atoms. The Hall–Kier alpha value is -0.780. The number of benzene rings is 1. The van der Waals surface area contributed by atoms with Gasteiger partial charge in [-0.25, -0.2) is 0 Å². The molecule has 0 radical (unpaired) electrons. The van der Waals surface area contributed by atoms with Crippen molar-refractivity contribution in [1.29, 1.82) is 0 Å². The summed E-state index contributed by atoms with van der Waals surface area (Å²) in [6, 6.07) is 3.66. The van der Waals surface area contributed by atoms with Gasteiger partial charge in [0.2, 0.25) is 0 Å². The molecule has 0 aromatic heterocycles. The van der Waals surface area contributed by atoms with E-state index < -0.39 is 6.10 Å². The molecule has 1 unspecified atom stereocenters. The molecular weight excluding hydrogens is 380 g/mol. The van der Waals surface area contributed by atoms with Crippen molar-refractivity contribution < 1.29 is 9.53 Å². The van der Waals surface area contributed by atoms with E-state index in [0.717, 1.165) is 42.0 Å². The Bertz CT molecular complexity index is 520. The van der Waals surface area contributed by atoms with E-state index in [2.05, 4.69) is 21.2 Å². The first-order valence-electron chi connectivity index (χ1n) is 8.29. The van der Waals surface area contributed by atoms with Crippen LogP contribution in [0.5, 0.6) is 5.75 Å². The number of halogens is 2. The second-order valence-corrected chi connectivity index (χ2v) is 6.05. The highest BCUT2D eigenvalue weighted by Crippen LogP contribution is 2.38. The maximum atomic E-state index is 12.4. The third kappa shape index (κ3) is 5.10. The number of hydrogen-bond donors (Lipinski definition) is 1. The van der Waals surface area contributed by atoms with Gasteiger partial charge in [-0.05, 0) is 28.1 Å². The van der Waals surface area contributed by atoms with Gasteiger partial charge in [-0.1, -0.05) is 39.3 Å². The second kappa shape index (κ2) is 10.2. The molecule has 1 fully saturated rings. The van der Waals surface area contributed by atoms with Crippen molar-refractivity contribution >= 4 is 33.4 Å². The fourth-order valence-corrected chi connectivity index (χ4v) is 3.47. The second-order valence-electron chi connectivity index (χ2n) is 4.76. The summed E-state index contributed by atoms with van der Waals surface area (Å²) in [6.07, 6.45) is 0.180. The van der Waals surface area contributed by atoms with E-state index in [-0.39, 0.29) is 5.91 Å². The standard InChI is InChI=1S/C13H14BrClN2O2.2C2H6/c14-10-7-9(15)5-8-6-11(19-12(8)10)13(18)17-3-1-16-2-4-17;2*1-2/h5,7,11,16H,1-4,6H2;2*1-2H3. The van der Waals surface area contributed by atoms with Crippen molar-refractivity contribution in [2.24, 2.45) is 0 Å². The molecule has 2 heterocycles. The van der Waals surface area contributed by atoms with Crippen molar-refractivity contribution in [3.05, 3.63) is 27.2 Å². The van der Waals surface area contributed by atoms with Gasteiger partial charge in [0.1, 0.15) is 5.75 Å². The molecule has 1 saturated heterocycles. The van der Waals surface area contributed by atoms with E-state index >= 15 is 0 Å². The number of nitrogens with zero attached hydrogens (tertiary/aromatic N) is 1. The average molecular weight is 406 g/mol. The average Bonchev–Trinajstić information content (AvgIpc) is 3.03. The van der Waals surface area contributed by atoms with Crippen LogP contribution in [0.3, 0.4) is 0 Å². The molecule has 2 aliphatic rings. The van der Waals surface area contributed by atoms with E-state index in [4.69, 9.17) is 16.3 Å². The largest absolute Gasteiger partial charge is 0.479 e. The van der Waals surface area contributed by atoms with E-state index in [1.807, 2.05) is 38.7 Å².